The number of halogens is 1. The number of hydrogen-bond acceptors (Lipinski definition) is 6. The molecule has 1 saturated heterocycles. The molecule has 3 heterocycles. The molecule has 0 bridgehead atoms. The Hall–Kier alpha value is -2.61. The van der Waals surface area contributed by atoms with Crippen molar-refractivity contribution in [3.05, 3.63) is 33.9 Å². The minimum absolute atomic E-state index is 0.0598. The molecule has 0 N–H and O–H groups in total. The van der Waals surface area contributed by atoms with Crippen molar-refractivity contribution in [2.45, 2.75) is 39.2 Å². The first kappa shape index (κ1) is 21.6. The van der Waals surface area contributed by atoms with Crippen molar-refractivity contribution in [1.82, 2.24) is 9.47 Å². The molecule has 168 valence electrons. The van der Waals surface area contributed by atoms with Crippen molar-refractivity contribution < 1.29 is 18.7 Å². The van der Waals surface area contributed by atoms with Crippen LogP contribution in [0.25, 0.3) is 10.9 Å². The van der Waals surface area contributed by atoms with Gasteiger partial charge in [0, 0.05) is 32.4 Å². The lowest BCUT2D eigenvalue weighted by atomic mass is 10.1. The van der Waals surface area contributed by atoms with Crippen LogP contribution in [0.1, 0.15) is 49.5 Å². The van der Waals surface area contributed by atoms with E-state index < -0.39 is 17.2 Å². The zero-order valence-corrected chi connectivity index (χ0v) is 18.4. The number of pyridine rings is 1. The molecule has 2 aliphatic rings. The number of piperazine rings is 1. The summed E-state index contributed by atoms with van der Waals surface area (Å²) in [6.45, 7) is 7.61. The fourth-order valence-electron chi connectivity index (χ4n) is 4.28. The molecule has 7 nitrogen and oxygen atoms in total. The first-order chi connectivity index (χ1) is 14.9. The van der Waals surface area contributed by atoms with Crippen LogP contribution in [-0.4, -0.2) is 61.9 Å². The van der Waals surface area contributed by atoms with Crippen LogP contribution in [0.3, 0.4) is 0 Å². The number of benzene rings is 1. The number of esters is 1. The topological polar surface area (TPSA) is 64.0 Å². The number of ether oxygens (including phenoxy) is 2. The lowest BCUT2D eigenvalue weighted by Gasteiger charge is -2.37. The molecule has 1 unspecified atom stereocenters. The van der Waals surface area contributed by atoms with Gasteiger partial charge in [0.1, 0.15) is 17.9 Å². The van der Waals surface area contributed by atoms with Crippen LogP contribution in [0.15, 0.2) is 17.1 Å². The Labute approximate surface area is 181 Å². The smallest absolute Gasteiger partial charge is 0.343 e. The Morgan fingerprint density at radius 1 is 1.26 bits per heavy atom. The third-order valence-electron chi connectivity index (χ3n) is 6.16. The number of likely N-dealkylation sites (N-methyl/N-ethyl adjacent to an activating group) is 1. The van der Waals surface area contributed by atoms with Crippen molar-refractivity contribution in [2.75, 3.05) is 51.3 Å². The van der Waals surface area contributed by atoms with E-state index in [2.05, 4.69) is 11.8 Å². The molecule has 31 heavy (non-hydrogen) atoms. The Bertz CT molecular complexity index is 1040. The maximum atomic E-state index is 15.3. The first-order valence-electron chi connectivity index (χ1n) is 11.1. The van der Waals surface area contributed by atoms with Crippen molar-refractivity contribution in [2.24, 2.45) is 0 Å². The molecule has 2 aliphatic heterocycles. The van der Waals surface area contributed by atoms with Gasteiger partial charge in [-0.1, -0.05) is 19.8 Å². The van der Waals surface area contributed by atoms with Gasteiger partial charge in [0.05, 0.1) is 23.6 Å². The van der Waals surface area contributed by atoms with Crippen molar-refractivity contribution in [3.63, 3.8) is 0 Å². The zero-order chi connectivity index (χ0) is 22.1. The van der Waals surface area contributed by atoms with Crippen LogP contribution in [0.2, 0.25) is 0 Å². The van der Waals surface area contributed by atoms with Crippen LogP contribution in [0.5, 0.6) is 5.75 Å². The minimum Gasteiger partial charge on any atom is -0.487 e. The molecule has 4 rings (SSSR count). The number of rotatable bonds is 6. The van der Waals surface area contributed by atoms with Gasteiger partial charge in [-0.05, 0) is 26.5 Å². The van der Waals surface area contributed by atoms with E-state index in [1.54, 1.807) is 6.20 Å². The summed E-state index contributed by atoms with van der Waals surface area (Å²) in [5.74, 6) is -0.771. The number of aromatic nitrogens is 1. The molecule has 2 aromatic rings. The van der Waals surface area contributed by atoms with E-state index in [1.807, 2.05) is 23.4 Å². The van der Waals surface area contributed by atoms with E-state index in [-0.39, 0.29) is 23.6 Å². The van der Waals surface area contributed by atoms with E-state index in [0.717, 1.165) is 32.4 Å². The molecule has 0 amide bonds. The maximum Gasteiger partial charge on any atom is 0.343 e. The zero-order valence-electron chi connectivity index (χ0n) is 18.4. The van der Waals surface area contributed by atoms with E-state index in [9.17, 15) is 9.59 Å². The summed E-state index contributed by atoms with van der Waals surface area (Å²) in [7, 11) is 2.04. The molecular weight excluding hydrogens is 401 g/mol. The van der Waals surface area contributed by atoms with E-state index >= 15 is 4.39 Å². The Kier molecular flexibility index (Phi) is 6.18. The predicted molar refractivity (Wildman–Crippen MR) is 118 cm³/mol. The molecule has 1 aromatic carbocycles. The summed E-state index contributed by atoms with van der Waals surface area (Å²) < 4.78 is 28.4. The second-order valence-electron chi connectivity index (χ2n) is 8.50. The number of hydrogen-bond donors (Lipinski definition) is 0. The van der Waals surface area contributed by atoms with E-state index in [1.165, 1.54) is 6.07 Å². The fourth-order valence-corrected chi connectivity index (χ4v) is 4.28. The summed E-state index contributed by atoms with van der Waals surface area (Å²) in [5.41, 5.74) is 0.363. The number of carbonyl (C=O) groups is 1. The highest BCUT2D eigenvalue weighted by molar-refractivity contribution is 5.98. The van der Waals surface area contributed by atoms with Crippen LogP contribution in [0.4, 0.5) is 10.1 Å². The predicted octanol–water partition coefficient (Wildman–Crippen LogP) is 3.19. The second kappa shape index (κ2) is 8.86. The number of nitrogens with zero attached hydrogens (tertiary/aromatic N) is 3. The normalized spacial score (nSPS) is 18.8. The summed E-state index contributed by atoms with van der Waals surface area (Å²) in [6, 6.07) is 1.15. The lowest BCUT2D eigenvalue weighted by Crippen LogP contribution is -2.45. The van der Waals surface area contributed by atoms with E-state index in [0.29, 0.717) is 36.6 Å². The van der Waals surface area contributed by atoms with Gasteiger partial charge in [-0.25, -0.2) is 9.18 Å². The third-order valence-corrected chi connectivity index (χ3v) is 6.16. The molecule has 0 saturated carbocycles. The molecule has 1 fully saturated rings. The number of carbonyl (C=O) groups excluding carboxylic acids is 1. The fraction of sp³-hybridized carbons (Fsp3) is 0.565. The van der Waals surface area contributed by atoms with Gasteiger partial charge >= 0.3 is 5.97 Å². The largest absolute Gasteiger partial charge is 0.487 e. The molecule has 0 aliphatic carbocycles. The second-order valence-corrected chi connectivity index (χ2v) is 8.50. The molecule has 1 aromatic heterocycles. The van der Waals surface area contributed by atoms with Gasteiger partial charge in [0.15, 0.2) is 11.6 Å². The van der Waals surface area contributed by atoms with Gasteiger partial charge < -0.3 is 23.8 Å². The average molecular weight is 432 g/mol. The van der Waals surface area contributed by atoms with Crippen molar-refractivity contribution >= 4 is 22.6 Å². The minimum atomic E-state index is -0.657. The molecule has 0 radical (unpaired) electrons. The monoisotopic (exact) mass is 431 g/mol. The van der Waals surface area contributed by atoms with Gasteiger partial charge in [-0.15, -0.1) is 0 Å². The van der Waals surface area contributed by atoms with Crippen molar-refractivity contribution in [1.29, 1.82) is 0 Å². The van der Waals surface area contributed by atoms with Crippen LogP contribution >= 0.6 is 0 Å². The number of unbranched alkanes of at least 4 members (excludes halogenated alkanes) is 2. The summed E-state index contributed by atoms with van der Waals surface area (Å²) in [4.78, 5) is 29.9. The molecule has 8 heteroatoms. The summed E-state index contributed by atoms with van der Waals surface area (Å²) in [5, 5.41) is 0.153. The van der Waals surface area contributed by atoms with Gasteiger partial charge in [0.25, 0.3) is 0 Å². The Morgan fingerprint density at radius 3 is 2.71 bits per heavy atom. The average Bonchev–Trinajstić information content (AvgIpc) is 2.75. The third kappa shape index (κ3) is 4.01. The van der Waals surface area contributed by atoms with Crippen molar-refractivity contribution in [3.8, 4) is 5.75 Å². The van der Waals surface area contributed by atoms with Gasteiger partial charge in [-0.2, -0.15) is 0 Å². The van der Waals surface area contributed by atoms with E-state index in [4.69, 9.17) is 9.47 Å². The maximum absolute atomic E-state index is 15.3. The highest BCUT2D eigenvalue weighted by atomic mass is 19.1. The molecule has 0 spiro atoms. The highest BCUT2D eigenvalue weighted by Crippen LogP contribution is 2.42. The molecule has 1 atom stereocenters. The quantitative estimate of drug-likeness (QED) is 0.517. The van der Waals surface area contributed by atoms with Crippen LogP contribution < -0.4 is 15.1 Å². The number of anilines is 1. The summed E-state index contributed by atoms with van der Waals surface area (Å²) in [6.07, 6.45) is 4.26. The Balaban J connectivity index is 1.79. The lowest BCUT2D eigenvalue weighted by molar-refractivity contribution is 0.0495. The van der Waals surface area contributed by atoms with Crippen LogP contribution in [0, 0.1) is 5.82 Å². The SMILES string of the molecule is CCCCCOC(=O)c1cn2c3c(c(N4CCN(C)CC4)c(F)cc3c1=O)OCC2C. The van der Waals surface area contributed by atoms with Crippen LogP contribution in [-0.2, 0) is 4.74 Å². The highest BCUT2D eigenvalue weighted by Gasteiger charge is 2.31. The Morgan fingerprint density at radius 2 is 2.00 bits per heavy atom. The standard InChI is InChI=1S/C23H30FN3O4/c1-4-5-6-11-30-23(29)17-13-27-15(2)14-31-22-19(27)16(21(17)28)12-18(24)20(22)26-9-7-25(3)8-10-26/h12-13,15H,4-11,14H2,1-3H3. The van der Waals surface area contributed by atoms with Gasteiger partial charge in [0.2, 0.25) is 5.43 Å². The molecular formula is C23H30FN3O4. The first-order valence-corrected chi connectivity index (χ1v) is 11.1. The van der Waals surface area contributed by atoms with Gasteiger partial charge in [-0.3, -0.25) is 4.79 Å². The summed E-state index contributed by atoms with van der Waals surface area (Å²) >= 11 is 0.